The highest BCUT2D eigenvalue weighted by Crippen LogP contribution is 2.24. The lowest BCUT2D eigenvalue weighted by Crippen LogP contribution is -2.23. The highest BCUT2D eigenvalue weighted by Gasteiger charge is 2.20. The Kier molecular flexibility index (Phi) is 3.53. The Morgan fingerprint density at radius 1 is 1.33 bits per heavy atom. The maximum absolute atomic E-state index is 12.2. The van der Waals surface area contributed by atoms with Crippen LogP contribution in [0.5, 0.6) is 0 Å². The molecule has 18 heavy (non-hydrogen) atoms. The minimum absolute atomic E-state index is 0.102. The Balaban J connectivity index is 2.14. The largest absolute Gasteiger partial charge is 0.464 e. The van der Waals surface area contributed by atoms with E-state index in [1.807, 2.05) is 38.1 Å². The molecule has 0 unspecified atom stereocenters. The van der Waals surface area contributed by atoms with Crippen molar-refractivity contribution in [3.8, 4) is 0 Å². The Hall–Kier alpha value is -1.61. The number of ether oxygens (including phenoxy) is 1. The Labute approximate surface area is 107 Å². The number of fused-ring (bicyclic) bond motifs is 1. The molecule has 0 spiro atoms. The number of hydrogen-bond donors (Lipinski definition) is 0. The molecule has 0 fully saturated rings. The number of carbonyl (C=O) groups excluding carboxylic acids is 1. The summed E-state index contributed by atoms with van der Waals surface area (Å²) in [6.07, 6.45) is 2.71. The summed E-state index contributed by atoms with van der Waals surface area (Å²) in [4.78, 5) is 12.2. The zero-order valence-corrected chi connectivity index (χ0v) is 11.0. The van der Waals surface area contributed by atoms with Crippen LogP contribution in [0.1, 0.15) is 37.0 Å². The zero-order valence-electron chi connectivity index (χ0n) is 11.0. The molecule has 2 aromatic rings. The van der Waals surface area contributed by atoms with Crippen LogP contribution in [0.4, 0.5) is 0 Å². The van der Waals surface area contributed by atoms with E-state index in [2.05, 4.69) is 0 Å². The first-order valence-electron chi connectivity index (χ1n) is 6.08. The van der Waals surface area contributed by atoms with E-state index in [-0.39, 0.29) is 11.4 Å². The number of methoxy groups -OCH3 is 1. The van der Waals surface area contributed by atoms with Crippen LogP contribution in [0, 0.1) is 0 Å². The van der Waals surface area contributed by atoms with E-state index in [1.165, 1.54) is 0 Å². The van der Waals surface area contributed by atoms with Gasteiger partial charge in [-0.25, -0.2) is 0 Å². The van der Waals surface area contributed by atoms with Crippen LogP contribution >= 0.6 is 0 Å². The minimum Gasteiger partial charge on any atom is -0.464 e. The van der Waals surface area contributed by atoms with Crippen molar-refractivity contribution in [3.63, 3.8) is 0 Å². The van der Waals surface area contributed by atoms with Crippen molar-refractivity contribution in [3.05, 3.63) is 36.1 Å². The predicted octanol–water partition coefficient (Wildman–Crippen LogP) is 3.82. The van der Waals surface area contributed by atoms with Crippen molar-refractivity contribution in [1.82, 2.24) is 0 Å². The molecule has 3 nitrogen and oxygen atoms in total. The van der Waals surface area contributed by atoms with Gasteiger partial charge in [0.15, 0.2) is 5.78 Å². The second kappa shape index (κ2) is 4.94. The molecule has 0 bridgehead atoms. The Bertz CT molecular complexity index is 552. The van der Waals surface area contributed by atoms with Gasteiger partial charge in [-0.15, -0.1) is 0 Å². The van der Waals surface area contributed by atoms with E-state index < -0.39 is 0 Å². The van der Waals surface area contributed by atoms with Crippen molar-refractivity contribution >= 4 is 16.8 Å². The average molecular weight is 246 g/mol. The smallest absolute Gasteiger partial charge is 0.166 e. The molecule has 0 aliphatic carbocycles. The van der Waals surface area contributed by atoms with E-state index in [0.717, 1.165) is 11.0 Å². The summed E-state index contributed by atoms with van der Waals surface area (Å²) in [6, 6.07) is 7.58. The van der Waals surface area contributed by atoms with Gasteiger partial charge < -0.3 is 9.15 Å². The first kappa shape index (κ1) is 12.8. The summed E-state index contributed by atoms with van der Waals surface area (Å²) in [7, 11) is 1.66. The lowest BCUT2D eigenvalue weighted by molar-refractivity contribution is 0.0141. The van der Waals surface area contributed by atoms with Crippen molar-refractivity contribution in [2.45, 2.75) is 32.3 Å². The second-order valence-electron chi connectivity index (χ2n) is 5.03. The molecule has 96 valence electrons. The number of carbonyl (C=O) groups is 1. The van der Waals surface area contributed by atoms with E-state index in [9.17, 15) is 4.79 Å². The summed E-state index contributed by atoms with van der Waals surface area (Å²) < 4.78 is 10.7. The lowest BCUT2D eigenvalue weighted by atomic mass is 9.97. The van der Waals surface area contributed by atoms with E-state index in [0.29, 0.717) is 18.4 Å². The fraction of sp³-hybridized carbons (Fsp3) is 0.400. The zero-order chi connectivity index (χ0) is 13.2. The van der Waals surface area contributed by atoms with Gasteiger partial charge in [0.25, 0.3) is 0 Å². The third kappa shape index (κ3) is 2.62. The number of Topliss-reactive ketones (excluding diaryl/α,β-unsaturated/α-hetero) is 1. The summed E-state index contributed by atoms with van der Waals surface area (Å²) in [6.45, 7) is 3.96. The summed E-state index contributed by atoms with van der Waals surface area (Å²) in [5, 5.41) is 0.887. The molecule has 0 saturated carbocycles. The lowest BCUT2D eigenvalue weighted by Gasteiger charge is -2.21. The third-order valence-corrected chi connectivity index (χ3v) is 3.29. The SMILES string of the molecule is COC(C)(C)CCC(=O)c1coc2ccccc12. The quantitative estimate of drug-likeness (QED) is 0.753. The van der Waals surface area contributed by atoms with Gasteiger partial charge in [-0.05, 0) is 26.3 Å². The van der Waals surface area contributed by atoms with Gasteiger partial charge in [-0.3, -0.25) is 4.79 Å². The van der Waals surface area contributed by atoms with Crippen LogP contribution in [0.15, 0.2) is 34.9 Å². The number of para-hydroxylation sites is 1. The van der Waals surface area contributed by atoms with E-state index >= 15 is 0 Å². The first-order chi connectivity index (χ1) is 8.53. The molecule has 0 radical (unpaired) electrons. The summed E-state index contributed by atoms with van der Waals surface area (Å²) >= 11 is 0. The molecule has 3 heteroatoms. The standard InChI is InChI=1S/C15H18O3/c1-15(2,17-3)9-8-13(16)12-10-18-14-7-5-4-6-11(12)14/h4-7,10H,8-9H2,1-3H3. The van der Waals surface area contributed by atoms with E-state index in [1.54, 1.807) is 13.4 Å². The van der Waals surface area contributed by atoms with Gasteiger partial charge in [0.05, 0.1) is 11.2 Å². The van der Waals surface area contributed by atoms with Gasteiger partial charge in [0.2, 0.25) is 0 Å². The molecule has 2 rings (SSSR count). The normalized spacial score (nSPS) is 11.9. The van der Waals surface area contributed by atoms with Gasteiger partial charge >= 0.3 is 0 Å². The molecule has 0 N–H and O–H groups in total. The first-order valence-corrected chi connectivity index (χ1v) is 6.08. The van der Waals surface area contributed by atoms with Crippen LogP contribution in [0.25, 0.3) is 11.0 Å². The van der Waals surface area contributed by atoms with Gasteiger partial charge in [-0.1, -0.05) is 18.2 Å². The van der Waals surface area contributed by atoms with Crippen LogP contribution < -0.4 is 0 Å². The van der Waals surface area contributed by atoms with Crippen LogP contribution in [-0.4, -0.2) is 18.5 Å². The van der Waals surface area contributed by atoms with Gasteiger partial charge in [0, 0.05) is 18.9 Å². The molecule has 1 aromatic heterocycles. The number of ketones is 1. The molecule has 1 aromatic carbocycles. The Morgan fingerprint density at radius 3 is 2.78 bits per heavy atom. The molecular weight excluding hydrogens is 228 g/mol. The number of furan rings is 1. The molecular formula is C15H18O3. The molecule has 0 amide bonds. The Morgan fingerprint density at radius 2 is 2.06 bits per heavy atom. The highest BCUT2D eigenvalue weighted by atomic mass is 16.5. The molecule has 0 aliphatic heterocycles. The number of benzene rings is 1. The molecule has 1 heterocycles. The third-order valence-electron chi connectivity index (χ3n) is 3.29. The van der Waals surface area contributed by atoms with Crippen LogP contribution in [-0.2, 0) is 4.74 Å². The van der Waals surface area contributed by atoms with Crippen molar-refractivity contribution in [2.24, 2.45) is 0 Å². The monoisotopic (exact) mass is 246 g/mol. The average Bonchev–Trinajstić information content (AvgIpc) is 2.80. The van der Waals surface area contributed by atoms with Crippen molar-refractivity contribution < 1.29 is 13.9 Å². The highest BCUT2D eigenvalue weighted by molar-refractivity contribution is 6.07. The van der Waals surface area contributed by atoms with Crippen LogP contribution in [0.3, 0.4) is 0 Å². The molecule has 0 aliphatic rings. The van der Waals surface area contributed by atoms with Crippen LogP contribution in [0.2, 0.25) is 0 Å². The molecule has 0 atom stereocenters. The minimum atomic E-state index is -0.269. The molecule has 0 saturated heterocycles. The summed E-state index contributed by atoms with van der Waals surface area (Å²) in [5.74, 6) is 0.102. The maximum atomic E-state index is 12.2. The second-order valence-corrected chi connectivity index (χ2v) is 5.03. The van der Waals surface area contributed by atoms with E-state index in [4.69, 9.17) is 9.15 Å². The fourth-order valence-electron chi connectivity index (χ4n) is 1.85. The van der Waals surface area contributed by atoms with Gasteiger partial charge in [0.1, 0.15) is 11.8 Å². The summed E-state index contributed by atoms with van der Waals surface area (Å²) in [5.41, 5.74) is 1.15. The fourth-order valence-corrected chi connectivity index (χ4v) is 1.85. The maximum Gasteiger partial charge on any atom is 0.166 e. The number of hydrogen-bond acceptors (Lipinski definition) is 3. The number of rotatable bonds is 5. The predicted molar refractivity (Wildman–Crippen MR) is 70.9 cm³/mol. The topological polar surface area (TPSA) is 39.4 Å². The van der Waals surface area contributed by atoms with Gasteiger partial charge in [-0.2, -0.15) is 0 Å². The van der Waals surface area contributed by atoms with Crippen molar-refractivity contribution in [1.29, 1.82) is 0 Å². The van der Waals surface area contributed by atoms with Crippen molar-refractivity contribution in [2.75, 3.05) is 7.11 Å².